The molecule has 7 nitrogen and oxygen atoms in total. The molecule has 122 valence electrons. The van der Waals surface area contributed by atoms with Crippen molar-refractivity contribution in [2.24, 2.45) is 0 Å². The predicted octanol–water partition coefficient (Wildman–Crippen LogP) is 3.18. The fourth-order valence-corrected chi connectivity index (χ4v) is 2.39. The number of imidazole rings is 1. The maximum absolute atomic E-state index is 12.2. The minimum atomic E-state index is -0.345. The van der Waals surface area contributed by atoms with Crippen molar-refractivity contribution in [3.8, 4) is 5.82 Å². The Kier molecular flexibility index (Phi) is 4.51. The molecule has 2 heterocycles. The second-order valence-electron chi connectivity index (χ2n) is 5.20. The van der Waals surface area contributed by atoms with Gasteiger partial charge in [0.2, 0.25) is 0 Å². The largest absolute Gasteiger partial charge is 0.324 e. The van der Waals surface area contributed by atoms with Crippen molar-refractivity contribution in [3.05, 3.63) is 60.4 Å². The molecule has 2 aromatic heterocycles. The Hall–Kier alpha value is -3.22. The smallest absolute Gasteiger partial charge is 0.307 e. The van der Waals surface area contributed by atoms with Crippen molar-refractivity contribution in [1.29, 1.82) is 0 Å². The van der Waals surface area contributed by atoms with E-state index in [0.717, 1.165) is 23.5 Å². The van der Waals surface area contributed by atoms with Gasteiger partial charge >= 0.3 is 6.03 Å². The summed E-state index contributed by atoms with van der Waals surface area (Å²) < 4.78 is 1.82. The highest BCUT2D eigenvalue weighted by Gasteiger charge is 2.08. The predicted molar refractivity (Wildman–Crippen MR) is 92.4 cm³/mol. The highest BCUT2D eigenvalue weighted by atomic mass is 16.2. The number of hydrogen-bond acceptors (Lipinski definition) is 4. The Balaban J connectivity index is 1.74. The standard InChI is InChI=1S/C17H18N6O/c1-3-13-6-4-5-7-14(13)21-17(24)22-15-10-16(20-11-19-15)23-9-8-18-12(23)2/h4-11H,3H2,1-2H3,(H2,19,20,21,22,24). The first-order valence-corrected chi connectivity index (χ1v) is 7.65. The van der Waals surface area contributed by atoms with Gasteiger partial charge in [0, 0.05) is 24.1 Å². The zero-order chi connectivity index (χ0) is 16.9. The van der Waals surface area contributed by atoms with Crippen molar-refractivity contribution >= 4 is 17.5 Å². The lowest BCUT2D eigenvalue weighted by Gasteiger charge is -2.11. The Morgan fingerprint density at radius 3 is 2.75 bits per heavy atom. The average Bonchev–Trinajstić information content (AvgIpc) is 3.01. The van der Waals surface area contributed by atoms with Gasteiger partial charge in [-0.2, -0.15) is 0 Å². The Bertz CT molecular complexity index is 858. The van der Waals surface area contributed by atoms with Crippen LogP contribution in [0.1, 0.15) is 18.3 Å². The summed E-state index contributed by atoms with van der Waals surface area (Å²) in [6, 6.07) is 9.05. The molecule has 0 bridgehead atoms. The summed E-state index contributed by atoms with van der Waals surface area (Å²) in [4.78, 5) is 24.7. The molecule has 0 unspecified atom stereocenters. The van der Waals surface area contributed by atoms with Crippen LogP contribution in [0.5, 0.6) is 0 Å². The van der Waals surface area contributed by atoms with Gasteiger partial charge in [-0.3, -0.25) is 9.88 Å². The van der Waals surface area contributed by atoms with Gasteiger partial charge in [0.25, 0.3) is 0 Å². The summed E-state index contributed by atoms with van der Waals surface area (Å²) >= 11 is 0. The molecule has 0 aliphatic heterocycles. The zero-order valence-electron chi connectivity index (χ0n) is 13.5. The van der Waals surface area contributed by atoms with Gasteiger partial charge in [-0.25, -0.2) is 19.7 Å². The first-order chi connectivity index (χ1) is 11.7. The van der Waals surface area contributed by atoms with E-state index in [1.807, 2.05) is 42.7 Å². The number of carbonyl (C=O) groups excluding carboxylic acids is 1. The van der Waals surface area contributed by atoms with Crippen molar-refractivity contribution in [2.45, 2.75) is 20.3 Å². The van der Waals surface area contributed by atoms with Crippen LogP contribution in [0.3, 0.4) is 0 Å². The van der Waals surface area contributed by atoms with Gasteiger partial charge in [0.1, 0.15) is 23.8 Å². The molecule has 0 aliphatic rings. The van der Waals surface area contributed by atoms with E-state index in [1.165, 1.54) is 6.33 Å². The molecule has 0 saturated heterocycles. The van der Waals surface area contributed by atoms with E-state index in [1.54, 1.807) is 18.5 Å². The number of nitrogens with zero attached hydrogens (tertiary/aromatic N) is 4. The molecule has 3 aromatic rings. The topological polar surface area (TPSA) is 84.7 Å². The average molecular weight is 322 g/mol. The minimum Gasteiger partial charge on any atom is -0.307 e. The number of urea groups is 1. The van der Waals surface area contributed by atoms with E-state index in [9.17, 15) is 4.79 Å². The summed E-state index contributed by atoms with van der Waals surface area (Å²) in [6.07, 6.45) is 5.75. The highest BCUT2D eigenvalue weighted by Crippen LogP contribution is 2.16. The molecule has 1 aromatic carbocycles. The molecule has 0 spiro atoms. The van der Waals surface area contributed by atoms with Crippen LogP contribution >= 0.6 is 0 Å². The van der Waals surface area contributed by atoms with E-state index in [4.69, 9.17) is 0 Å². The Morgan fingerprint density at radius 2 is 2.00 bits per heavy atom. The van der Waals surface area contributed by atoms with E-state index < -0.39 is 0 Å². The lowest BCUT2D eigenvalue weighted by molar-refractivity contribution is 0.262. The third-order valence-corrected chi connectivity index (χ3v) is 3.61. The summed E-state index contributed by atoms with van der Waals surface area (Å²) in [6.45, 7) is 3.92. The van der Waals surface area contributed by atoms with E-state index in [0.29, 0.717) is 11.6 Å². The van der Waals surface area contributed by atoms with Crippen molar-refractivity contribution < 1.29 is 4.79 Å². The number of aromatic nitrogens is 4. The Labute approximate surface area is 139 Å². The van der Waals surface area contributed by atoms with E-state index in [-0.39, 0.29) is 6.03 Å². The van der Waals surface area contributed by atoms with Gasteiger partial charge in [-0.15, -0.1) is 0 Å². The molecule has 0 radical (unpaired) electrons. The van der Waals surface area contributed by atoms with E-state index >= 15 is 0 Å². The molecule has 0 aliphatic carbocycles. The SMILES string of the molecule is CCc1ccccc1NC(=O)Nc1cc(-n2ccnc2C)ncn1. The zero-order valence-corrected chi connectivity index (χ0v) is 13.5. The number of carbonyl (C=O) groups is 1. The summed E-state index contributed by atoms with van der Waals surface area (Å²) in [5.74, 6) is 1.87. The van der Waals surface area contributed by atoms with Crippen LogP contribution in [0, 0.1) is 6.92 Å². The lowest BCUT2D eigenvalue weighted by atomic mass is 10.1. The second-order valence-corrected chi connectivity index (χ2v) is 5.20. The van der Waals surface area contributed by atoms with Crippen LogP contribution in [0.4, 0.5) is 16.3 Å². The van der Waals surface area contributed by atoms with Gasteiger partial charge in [0.05, 0.1) is 0 Å². The fourth-order valence-electron chi connectivity index (χ4n) is 2.39. The molecular weight excluding hydrogens is 304 g/mol. The third-order valence-electron chi connectivity index (χ3n) is 3.61. The van der Waals surface area contributed by atoms with Crippen LogP contribution in [0.2, 0.25) is 0 Å². The monoisotopic (exact) mass is 322 g/mol. The number of aryl methyl sites for hydroxylation is 2. The summed E-state index contributed by atoms with van der Waals surface area (Å²) in [7, 11) is 0. The molecule has 24 heavy (non-hydrogen) atoms. The third kappa shape index (κ3) is 3.40. The van der Waals surface area contributed by atoms with Crippen molar-refractivity contribution in [3.63, 3.8) is 0 Å². The maximum Gasteiger partial charge on any atom is 0.324 e. The minimum absolute atomic E-state index is 0.345. The van der Waals surface area contributed by atoms with Gasteiger partial charge in [-0.1, -0.05) is 25.1 Å². The van der Waals surface area contributed by atoms with Gasteiger partial charge in [0.15, 0.2) is 0 Å². The van der Waals surface area contributed by atoms with Crippen LogP contribution in [0.25, 0.3) is 5.82 Å². The van der Waals surface area contributed by atoms with Crippen LogP contribution in [-0.2, 0) is 6.42 Å². The quantitative estimate of drug-likeness (QED) is 0.772. The van der Waals surface area contributed by atoms with E-state index in [2.05, 4.69) is 25.6 Å². The van der Waals surface area contributed by atoms with Crippen molar-refractivity contribution in [1.82, 2.24) is 19.5 Å². The molecule has 2 N–H and O–H groups in total. The molecule has 7 heteroatoms. The van der Waals surface area contributed by atoms with Gasteiger partial charge < -0.3 is 5.32 Å². The molecule has 0 saturated carbocycles. The lowest BCUT2D eigenvalue weighted by Crippen LogP contribution is -2.21. The number of para-hydroxylation sites is 1. The van der Waals surface area contributed by atoms with Crippen molar-refractivity contribution in [2.75, 3.05) is 10.6 Å². The van der Waals surface area contributed by atoms with Crippen LogP contribution in [0.15, 0.2) is 49.1 Å². The highest BCUT2D eigenvalue weighted by molar-refractivity contribution is 5.99. The fraction of sp³-hybridized carbons (Fsp3) is 0.176. The number of rotatable bonds is 4. The first kappa shape index (κ1) is 15.7. The van der Waals surface area contributed by atoms with Crippen LogP contribution < -0.4 is 10.6 Å². The number of amides is 2. The summed E-state index contributed by atoms with van der Waals surface area (Å²) in [5.41, 5.74) is 1.86. The van der Waals surface area contributed by atoms with Gasteiger partial charge in [-0.05, 0) is 25.0 Å². The number of nitrogens with one attached hydrogen (secondary N) is 2. The molecule has 0 fully saturated rings. The molecular formula is C17H18N6O. The normalized spacial score (nSPS) is 10.4. The molecule has 3 rings (SSSR count). The Morgan fingerprint density at radius 1 is 1.17 bits per heavy atom. The molecule has 2 amide bonds. The first-order valence-electron chi connectivity index (χ1n) is 7.65. The molecule has 0 atom stereocenters. The second kappa shape index (κ2) is 6.91. The number of anilines is 2. The summed E-state index contributed by atoms with van der Waals surface area (Å²) in [5, 5.41) is 5.57. The number of benzene rings is 1. The van der Waals surface area contributed by atoms with Crippen LogP contribution in [-0.4, -0.2) is 25.6 Å². The number of hydrogen-bond donors (Lipinski definition) is 2. The maximum atomic E-state index is 12.2.